The van der Waals surface area contributed by atoms with E-state index in [1.54, 1.807) is 19.1 Å². The molecule has 1 aromatic carbocycles. The molecular weight excluding hydrogens is 533 g/mol. The number of sulfonamides is 1. The van der Waals surface area contributed by atoms with Gasteiger partial charge < -0.3 is 5.32 Å². The van der Waals surface area contributed by atoms with Crippen LogP contribution >= 0.6 is 39.1 Å². The number of aromatic nitrogens is 3. The summed E-state index contributed by atoms with van der Waals surface area (Å²) in [6.45, 7) is 1.61. The third-order valence-corrected chi connectivity index (χ3v) is 5.37. The van der Waals surface area contributed by atoms with E-state index in [1.807, 2.05) is 4.72 Å². The van der Waals surface area contributed by atoms with Gasteiger partial charge in [0.15, 0.2) is 5.82 Å². The fourth-order valence-electron chi connectivity index (χ4n) is 2.70. The molecular formula is C18H14BrCl2N5O4S. The lowest BCUT2D eigenvalue weighted by molar-refractivity contribution is 0.0982. The van der Waals surface area contributed by atoms with Crippen LogP contribution < -0.4 is 10.0 Å². The van der Waals surface area contributed by atoms with E-state index in [2.05, 4.69) is 31.3 Å². The second kappa shape index (κ2) is 8.95. The first-order valence-electron chi connectivity index (χ1n) is 8.46. The summed E-state index contributed by atoms with van der Waals surface area (Å²) in [5.74, 6) is -1.35. The highest BCUT2D eigenvalue weighted by Crippen LogP contribution is 2.28. The maximum absolute atomic E-state index is 13.1. The summed E-state index contributed by atoms with van der Waals surface area (Å²) in [4.78, 5) is 29.7. The highest BCUT2D eigenvalue weighted by atomic mass is 79.9. The molecule has 162 valence electrons. The Morgan fingerprint density at radius 3 is 2.52 bits per heavy atom. The van der Waals surface area contributed by atoms with Crippen molar-refractivity contribution in [3.05, 3.63) is 68.0 Å². The van der Waals surface area contributed by atoms with Crippen molar-refractivity contribution in [1.29, 1.82) is 0 Å². The zero-order valence-electron chi connectivity index (χ0n) is 16.0. The third-order valence-electron chi connectivity index (χ3n) is 3.91. The van der Waals surface area contributed by atoms with Gasteiger partial charge in [-0.15, -0.1) is 0 Å². The summed E-state index contributed by atoms with van der Waals surface area (Å²) >= 11 is 15.4. The van der Waals surface area contributed by atoms with Gasteiger partial charge >= 0.3 is 0 Å². The molecule has 0 spiro atoms. The maximum Gasteiger partial charge on any atom is 0.274 e. The smallest absolute Gasteiger partial charge is 0.274 e. The minimum Gasteiger partial charge on any atom is -0.320 e. The highest BCUT2D eigenvalue weighted by molar-refractivity contribution is 9.10. The van der Waals surface area contributed by atoms with E-state index in [4.69, 9.17) is 23.2 Å². The molecule has 13 heteroatoms. The molecule has 0 radical (unpaired) electrons. The first kappa shape index (κ1) is 23.2. The van der Waals surface area contributed by atoms with Gasteiger partial charge in [-0.3, -0.25) is 9.59 Å². The van der Waals surface area contributed by atoms with Crippen LogP contribution in [-0.4, -0.2) is 41.3 Å². The van der Waals surface area contributed by atoms with E-state index in [-0.39, 0.29) is 32.8 Å². The van der Waals surface area contributed by atoms with Crippen LogP contribution in [0.5, 0.6) is 0 Å². The number of carbonyl (C=O) groups is 2. The number of carbonyl (C=O) groups excluding carboxylic acids is 2. The minimum atomic E-state index is -3.84. The monoisotopic (exact) mass is 545 g/mol. The average molecular weight is 547 g/mol. The zero-order chi connectivity index (χ0) is 22.9. The van der Waals surface area contributed by atoms with Gasteiger partial charge in [0.05, 0.1) is 22.5 Å². The molecule has 0 unspecified atom stereocenters. The van der Waals surface area contributed by atoms with Gasteiger partial charge in [0.2, 0.25) is 10.0 Å². The van der Waals surface area contributed by atoms with Crippen molar-refractivity contribution in [2.75, 3.05) is 11.6 Å². The topological polar surface area (TPSA) is 123 Å². The lowest BCUT2D eigenvalue weighted by Crippen LogP contribution is -2.30. The molecule has 3 aromatic rings. The Bertz CT molecular complexity index is 1310. The summed E-state index contributed by atoms with van der Waals surface area (Å²) in [5, 5.41) is 7.28. The SMILES string of the molecule is Cc1cc(Cl)cc(C(=O)NS(C)(=O)=O)c1NC(=O)c1cc(Br)nn1-c1ncccc1Cl. The van der Waals surface area contributed by atoms with Crippen molar-refractivity contribution in [3.63, 3.8) is 0 Å². The van der Waals surface area contributed by atoms with Gasteiger partial charge in [-0.2, -0.15) is 5.10 Å². The number of anilines is 1. The zero-order valence-corrected chi connectivity index (χ0v) is 19.9. The predicted molar refractivity (Wildman–Crippen MR) is 121 cm³/mol. The van der Waals surface area contributed by atoms with Crippen LogP contribution in [0.2, 0.25) is 10.0 Å². The summed E-state index contributed by atoms with van der Waals surface area (Å²) < 4.78 is 26.4. The van der Waals surface area contributed by atoms with E-state index in [0.29, 0.717) is 10.2 Å². The van der Waals surface area contributed by atoms with E-state index in [0.717, 1.165) is 6.26 Å². The quantitative estimate of drug-likeness (QED) is 0.504. The molecule has 0 atom stereocenters. The molecule has 0 saturated heterocycles. The van der Waals surface area contributed by atoms with E-state index >= 15 is 0 Å². The van der Waals surface area contributed by atoms with Crippen molar-refractivity contribution in [3.8, 4) is 5.82 Å². The Hall–Kier alpha value is -2.47. The number of amides is 2. The van der Waals surface area contributed by atoms with Gasteiger partial charge in [0.25, 0.3) is 11.8 Å². The number of aryl methyl sites for hydroxylation is 1. The van der Waals surface area contributed by atoms with E-state index < -0.39 is 21.8 Å². The molecule has 2 amide bonds. The summed E-state index contributed by atoms with van der Waals surface area (Å²) in [7, 11) is -3.84. The molecule has 0 aliphatic heterocycles. The van der Waals surface area contributed by atoms with Crippen LogP contribution in [-0.2, 0) is 10.0 Å². The Morgan fingerprint density at radius 1 is 1.16 bits per heavy atom. The maximum atomic E-state index is 13.1. The van der Waals surface area contributed by atoms with E-state index in [1.165, 1.54) is 29.1 Å². The van der Waals surface area contributed by atoms with Crippen molar-refractivity contribution >= 4 is 66.7 Å². The number of pyridine rings is 1. The summed E-state index contributed by atoms with van der Waals surface area (Å²) in [6.07, 6.45) is 2.34. The van der Waals surface area contributed by atoms with Gasteiger partial charge in [0, 0.05) is 17.3 Å². The molecule has 0 aliphatic rings. The predicted octanol–water partition coefficient (Wildman–Crippen LogP) is 3.59. The average Bonchev–Trinajstić information content (AvgIpc) is 3.04. The molecule has 9 nitrogen and oxygen atoms in total. The first-order chi connectivity index (χ1) is 14.5. The minimum absolute atomic E-state index is 0.0660. The third kappa shape index (κ3) is 5.42. The van der Waals surface area contributed by atoms with Crippen LogP contribution in [0.3, 0.4) is 0 Å². The summed E-state index contributed by atoms with van der Waals surface area (Å²) in [5.41, 5.74) is 0.480. The Kier molecular flexibility index (Phi) is 6.70. The number of nitrogens with one attached hydrogen (secondary N) is 2. The van der Waals surface area contributed by atoms with Crippen LogP contribution in [0, 0.1) is 6.92 Å². The largest absolute Gasteiger partial charge is 0.320 e. The number of rotatable bonds is 5. The second-order valence-corrected chi connectivity index (χ2v) is 9.78. The number of hydrogen-bond acceptors (Lipinski definition) is 6. The lowest BCUT2D eigenvalue weighted by Gasteiger charge is -2.15. The summed E-state index contributed by atoms with van der Waals surface area (Å²) in [6, 6.07) is 7.46. The number of hydrogen-bond donors (Lipinski definition) is 2. The van der Waals surface area contributed by atoms with Crippen molar-refractivity contribution < 1.29 is 18.0 Å². The number of benzene rings is 1. The number of halogens is 3. The standard InChI is InChI=1S/C18H14BrCl2N5O4S/c1-9-6-10(20)7-11(17(27)25-31(2,29)30)15(9)23-18(28)13-8-14(19)24-26(13)16-12(21)4-3-5-22-16/h3-8H,1-2H3,(H,23,28)(H,25,27). The number of nitrogens with zero attached hydrogens (tertiary/aromatic N) is 3. The highest BCUT2D eigenvalue weighted by Gasteiger charge is 2.23. The molecule has 3 rings (SSSR count). The lowest BCUT2D eigenvalue weighted by atomic mass is 10.1. The Labute approximate surface area is 195 Å². The molecule has 0 saturated carbocycles. The molecule has 31 heavy (non-hydrogen) atoms. The molecule has 2 heterocycles. The fourth-order valence-corrected chi connectivity index (χ4v) is 3.99. The van der Waals surface area contributed by atoms with Crippen LogP contribution in [0.4, 0.5) is 5.69 Å². The van der Waals surface area contributed by atoms with Gasteiger partial charge in [-0.1, -0.05) is 23.2 Å². The second-order valence-electron chi connectivity index (χ2n) is 6.38. The molecule has 0 aliphatic carbocycles. The van der Waals surface area contributed by atoms with Gasteiger partial charge in [-0.05, 0) is 52.7 Å². The van der Waals surface area contributed by atoms with Crippen molar-refractivity contribution in [2.45, 2.75) is 6.92 Å². The normalized spacial score (nSPS) is 11.3. The molecule has 0 fully saturated rings. The molecule has 2 N–H and O–H groups in total. The van der Waals surface area contributed by atoms with Crippen molar-refractivity contribution in [2.24, 2.45) is 0 Å². The van der Waals surface area contributed by atoms with Gasteiger partial charge in [0.1, 0.15) is 10.3 Å². The Balaban J connectivity index is 2.04. The first-order valence-corrected chi connectivity index (χ1v) is 11.9. The molecule has 0 bridgehead atoms. The van der Waals surface area contributed by atoms with E-state index in [9.17, 15) is 18.0 Å². The van der Waals surface area contributed by atoms with Gasteiger partial charge in [-0.25, -0.2) is 22.8 Å². The van der Waals surface area contributed by atoms with Crippen LogP contribution in [0.1, 0.15) is 26.4 Å². The van der Waals surface area contributed by atoms with Crippen LogP contribution in [0.25, 0.3) is 5.82 Å². The van der Waals surface area contributed by atoms with Crippen LogP contribution in [0.15, 0.2) is 41.1 Å². The Morgan fingerprint density at radius 2 is 1.87 bits per heavy atom. The van der Waals surface area contributed by atoms with Crippen molar-refractivity contribution in [1.82, 2.24) is 19.5 Å². The molecule has 2 aromatic heterocycles. The fraction of sp³-hybridized carbons (Fsp3) is 0.111.